The molecule has 110 valence electrons. The van der Waals surface area contributed by atoms with E-state index in [1.807, 2.05) is 0 Å². The SMILES string of the molecule is CN(c1ccccc1F)c1ccc(/C(N)=N/O)c(Br)c1F. The summed E-state index contributed by atoms with van der Waals surface area (Å²) < 4.78 is 28.2. The molecule has 0 bridgehead atoms. The Hall–Kier alpha value is -2.15. The van der Waals surface area contributed by atoms with Crippen LogP contribution in [0.25, 0.3) is 0 Å². The van der Waals surface area contributed by atoms with Crippen LogP contribution in [0, 0.1) is 11.6 Å². The van der Waals surface area contributed by atoms with Crippen LogP contribution < -0.4 is 10.6 Å². The number of halogens is 3. The Morgan fingerprint density at radius 1 is 1.19 bits per heavy atom. The van der Waals surface area contributed by atoms with E-state index in [1.54, 1.807) is 25.2 Å². The van der Waals surface area contributed by atoms with Crippen molar-refractivity contribution in [2.45, 2.75) is 0 Å². The molecule has 0 heterocycles. The van der Waals surface area contributed by atoms with Gasteiger partial charge in [0.2, 0.25) is 0 Å². The number of rotatable bonds is 3. The summed E-state index contributed by atoms with van der Waals surface area (Å²) in [6.45, 7) is 0. The number of benzene rings is 2. The van der Waals surface area contributed by atoms with Gasteiger partial charge in [0.05, 0.1) is 15.8 Å². The van der Waals surface area contributed by atoms with E-state index in [0.29, 0.717) is 0 Å². The van der Waals surface area contributed by atoms with Crippen LogP contribution in [0.4, 0.5) is 20.2 Å². The molecule has 4 nitrogen and oxygen atoms in total. The Kier molecular flexibility index (Phi) is 4.42. The molecule has 0 radical (unpaired) electrons. The predicted octanol–water partition coefficient (Wildman–Crippen LogP) is 3.59. The maximum Gasteiger partial charge on any atom is 0.171 e. The minimum atomic E-state index is -0.634. The summed E-state index contributed by atoms with van der Waals surface area (Å²) in [6, 6.07) is 8.96. The van der Waals surface area contributed by atoms with Gasteiger partial charge in [0, 0.05) is 12.6 Å². The Labute approximate surface area is 128 Å². The van der Waals surface area contributed by atoms with Crippen LogP contribution >= 0.6 is 15.9 Å². The van der Waals surface area contributed by atoms with Crippen LogP contribution in [-0.2, 0) is 0 Å². The van der Waals surface area contributed by atoms with Crippen LogP contribution in [0.15, 0.2) is 46.0 Å². The van der Waals surface area contributed by atoms with Crippen molar-refractivity contribution in [2.75, 3.05) is 11.9 Å². The zero-order valence-electron chi connectivity index (χ0n) is 11.0. The van der Waals surface area contributed by atoms with Gasteiger partial charge in [-0.3, -0.25) is 0 Å². The molecule has 2 aromatic carbocycles. The fraction of sp³-hybridized carbons (Fsp3) is 0.0714. The van der Waals surface area contributed by atoms with Gasteiger partial charge >= 0.3 is 0 Å². The van der Waals surface area contributed by atoms with E-state index in [2.05, 4.69) is 21.1 Å². The number of hydrogen-bond acceptors (Lipinski definition) is 3. The average Bonchev–Trinajstić information content (AvgIpc) is 2.49. The zero-order valence-corrected chi connectivity index (χ0v) is 12.6. The average molecular weight is 356 g/mol. The smallest absolute Gasteiger partial charge is 0.171 e. The molecule has 3 N–H and O–H groups in total. The van der Waals surface area contributed by atoms with Gasteiger partial charge in [0.25, 0.3) is 0 Å². The van der Waals surface area contributed by atoms with Gasteiger partial charge in [-0.25, -0.2) is 8.78 Å². The topological polar surface area (TPSA) is 61.8 Å². The number of para-hydroxylation sites is 1. The second-order valence-electron chi connectivity index (χ2n) is 4.26. The second kappa shape index (κ2) is 6.09. The summed E-state index contributed by atoms with van der Waals surface area (Å²) in [5.41, 5.74) is 6.05. The maximum atomic E-state index is 14.4. The van der Waals surface area contributed by atoms with Crippen LogP contribution in [-0.4, -0.2) is 18.1 Å². The predicted molar refractivity (Wildman–Crippen MR) is 81.1 cm³/mol. The molecule has 2 rings (SSSR count). The third-order valence-electron chi connectivity index (χ3n) is 3.02. The van der Waals surface area contributed by atoms with Crippen molar-refractivity contribution in [1.82, 2.24) is 0 Å². The first-order valence-corrected chi connectivity index (χ1v) is 6.70. The first-order valence-electron chi connectivity index (χ1n) is 5.91. The van der Waals surface area contributed by atoms with Crippen molar-refractivity contribution in [3.05, 3.63) is 58.1 Å². The summed E-state index contributed by atoms with van der Waals surface area (Å²) in [5.74, 6) is -1.32. The van der Waals surface area contributed by atoms with Crippen molar-refractivity contribution < 1.29 is 14.0 Å². The van der Waals surface area contributed by atoms with Crippen LogP contribution in [0.2, 0.25) is 0 Å². The summed E-state index contributed by atoms with van der Waals surface area (Å²) >= 11 is 3.06. The Morgan fingerprint density at radius 2 is 1.86 bits per heavy atom. The molecule has 0 unspecified atom stereocenters. The molecule has 0 amide bonds. The highest BCUT2D eigenvalue weighted by Crippen LogP contribution is 2.33. The van der Waals surface area contributed by atoms with Crippen LogP contribution in [0.5, 0.6) is 0 Å². The molecular formula is C14H12BrF2N3O. The van der Waals surface area contributed by atoms with E-state index < -0.39 is 11.6 Å². The summed E-state index contributed by atoms with van der Waals surface area (Å²) in [6.07, 6.45) is 0. The molecule has 21 heavy (non-hydrogen) atoms. The number of hydrogen-bond donors (Lipinski definition) is 2. The van der Waals surface area contributed by atoms with Gasteiger partial charge in [-0.15, -0.1) is 0 Å². The third kappa shape index (κ3) is 2.82. The monoisotopic (exact) mass is 355 g/mol. The van der Waals surface area contributed by atoms with E-state index in [9.17, 15) is 8.78 Å². The van der Waals surface area contributed by atoms with E-state index in [-0.39, 0.29) is 27.2 Å². The molecule has 0 atom stereocenters. The van der Waals surface area contributed by atoms with Gasteiger partial charge in [0.15, 0.2) is 11.7 Å². The number of amidine groups is 1. The Balaban J connectivity index is 2.51. The molecule has 0 aliphatic heterocycles. The van der Waals surface area contributed by atoms with E-state index in [4.69, 9.17) is 10.9 Å². The third-order valence-corrected chi connectivity index (χ3v) is 3.80. The number of anilines is 2. The molecule has 0 aliphatic rings. The Morgan fingerprint density at radius 3 is 2.48 bits per heavy atom. The second-order valence-corrected chi connectivity index (χ2v) is 5.05. The van der Waals surface area contributed by atoms with E-state index in [1.165, 1.54) is 23.1 Å². The number of nitrogens with two attached hydrogens (primary N) is 1. The fourth-order valence-corrected chi connectivity index (χ4v) is 2.44. The normalized spacial score (nSPS) is 11.5. The lowest BCUT2D eigenvalue weighted by molar-refractivity contribution is 0.318. The zero-order chi connectivity index (χ0) is 15.6. The molecule has 2 aromatic rings. The van der Waals surface area contributed by atoms with Gasteiger partial charge in [0.1, 0.15) is 5.82 Å². The van der Waals surface area contributed by atoms with E-state index in [0.717, 1.165) is 0 Å². The quantitative estimate of drug-likeness (QED) is 0.382. The van der Waals surface area contributed by atoms with Crippen LogP contribution in [0.1, 0.15) is 5.56 Å². The van der Waals surface area contributed by atoms with Crippen molar-refractivity contribution in [3.63, 3.8) is 0 Å². The van der Waals surface area contributed by atoms with Gasteiger partial charge in [-0.1, -0.05) is 17.3 Å². The highest BCUT2D eigenvalue weighted by Gasteiger charge is 2.18. The lowest BCUT2D eigenvalue weighted by Gasteiger charge is -2.21. The molecular weight excluding hydrogens is 344 g/mol. The largest absolute Gasteiger partial charge is 0.409 e. The first kappa shape index (κ1) is 15.2. The van der Waals surface area contributed by atoms with Crippen molar-refractivity contribution in [2.24, 2.45) is 10.9 Å². The first-order chi connectivity index (χ1) is 9.97. The highest BCUT2D eigenvalue weighted by molar-refractivity contribution is 9.10. The van der Waals surface area contributed by atoms with Crippen LogP contribution in [0.3, 0.4) is 0 Å². The molecule has 0 saturated carbocycles. The maximum absolute atomic E-state index is 14.4. The lowest BCUT2D eigenvalue weighted by atomic mass is 10.1. The highest BCUT2D eigenvalue weighted by atomic mass is 79.9. The summed E-state index contributed by atoms with van der Waals surface area (Å²) in [5, 5.41) is 11.5. The minimum Gasteiger partial charge on any atom is -0.409 e. The molecule has 7 heteroatoms. The standard InChI is InChI=1S/C14H12BrF2N3O/c1-20(10-5-3-2-4-9(10)16)11-7-6-8(14(18)19-21)12(15)13(11)17/h2-7,21H,1H3,(H2,18,19). The summed E-state index contributed by atoms with van der Waals surface area (Å²) in [7, 11) is 1.55. The number of oxime groups is 1. The van der Waals surface area contributed by atoms with Crippen molar-refractivity contribution >= 4 is 33.1 Å². The fourth-order valence-electron chi connectivity index (χ4n) is 1.90. The lowest BCUT2D eigenvalue weighted by Crippen LogP contribution is -2.17. The number of nitrogens with zero attached hydrogens (tertiary/aromatic N) is 2. The van der Waals surface area contributed by atoms with Gasteiger partial charge in [-0.2, -0.15) is 0 Å². The van der Waals surface area contributed by atoms with Crippen molar-refractivity contribution in [3.8, 4) is 0 Å². The summed E-state index contributed by atoms with van der Waals surface area (Å²) in [4.78, 5) is 1.38. The molecule has 0 saturated heterocycles. The molecule has 0 aliphatic carbocycles. The molecule has 0 aromatic heterocycles. The van der Waals surface area contributed by atoms with E-state index >= 15 is 0 Å². The minimum absolute atomic E-state index is 0.0403. The van der Waals surface area contributed by atoms with Crippen molar-refractivity contribution in [1.29, 1.82) is 0 Å². The molecule has 0 spiro atoms. The molecule has 0 fully saturated rings. The van der Waals surface area contributed by atoms with Gasteiger partial charge in [-0.05, 0) is 40.2 Å². The van der Waals surface area contributed by atoms with Gasteiger partial charge < -0.3 is 15.8 Å². The Bertz CT molecular complexity index is 707.